The maximum Gasteiger partial charge on any atom is 0.338 e. The molecule has 0 saturated carbocycles. The van der Waals surface area contributed by atoms with Crippen LogP contribution in [0.4, 0.5) is 5.95 Å². The molecular weight excluding hydrogens is 617 g/mol. The number of benzene rings is 2. The van der Waals surface area contributed by atoms with Crippen molar-refractivity contribution in [2.45, 2.75) is 38.7 Å². The summed E-state index contributed by atoms with van der Waals surface area (Å²) in [5.41, 5.74) is 8.80. The zero-order valence-corrected chi connectivity index (χ0v) is 23.6. The molecule has 3 heterocycles. The summed E-state index contributed by atoms with van der Waals surface area (Å²) in [5, 5.41) is 5.17. The number of hydrogen-bond acceptors (Lipinski definition) is 10. The molecule has 0 radical (unpaired) electrons. The fraction of sp³-hybridized carbons (Fsp3) is 0.296. The van der Waals surface area contributed by atoms with Crippen LogP contribution in [0.15, 0.2) is 48.5 Å². The Kier molecular flexibility index (Phi) is 7.66. The van der Waals surface area contributed by atoms with Gasteiger partial charge in [0.2, 0.25) is 11.8 Å². The first-order valence-corrected chi connectivity index (χ1v) is 13.2. The molecule has 0 unspecified atom stereocenters. The summed E-state index contributed by atoms with van der Waals surface area (Å²) in [7, 11) is 1.49. The molecule has 12 heteroatoms. The number of rotatable bonds is 7. The van der Waals surface area contributed by atoms with Gasteiger partial charge in [-0.2, -0.15) is 15.1 Å². The van der Waals surface area contributed by atoms with Gasteiger partial charge in [-0.05, 0) is 59.7 Å². The number of fused-ring (bicyclic) bond motifs is 1. The van der Waals surface area contributed by atoms with Crippen molar-refractivity contribution in [1.29, 1.82) is 0 Å². The Bertz CT molecular complexity index is 1560. The maximum atomic E-state index is 13.1. The van der Waals surface area contributed by atoms with E-state index >= 15 is 0 Å². The summed E-state index contributed by atoms with van der Waals surface area (Å²) >= 11 is 2.06. The number of nitrogen functional groups attached to an aromatic ring is 1. The number of anilines is 1. The van der Waals surface area contributed by atoms with Crippen LogP contribution < -0.4 is 10.5 Å². The fourth-order valence-corrected chi connectivity index (χ4v) is 5.20. The van der Waals surface area contributed by atoms with Gasteiger partial charge < -0.3 is 24.7 Å². The van der Waals surface area contributed by atoms with Gasteiger partial charge in [0, 0.05) is 6.42 Å². The fourth-order valence-electron chi connectivity index (χ4n) is 4.50. The summed E-state index contributed by atoms with van der Waals surface area (Å²) in [6, 6.07) is 14.3. The second kappa shape index (κ2) is 11.1. The van der Waals surface area contributed by atoms with Crippen LogP contribution in [0.2, 0.25) is 0 Å². The van der Waals surface area contributed by atoms with Gasteiger partial charge in [-0.3, -0.25) is 0 Å². The standard InChI is InChI=1S/C27H26IN5O6/c1-14-8-4-6-10-16(14)25(34)37-13-19-18(39-26(35)17-11-7-5-9-15(17)2)12-20(38-19)33-23-21(22(28)32-33)24(36-3)31-27(29)30-23/h4-11,18-20H,12-13H2,1-3H3,(H2,29,30,31)/t18-,19+,20+/m0/s1. The Morgan fingerprint density at radius 1 is 1.05 bits per heavy atom. The third kappa shape index (κ3) is 5.39. The van der Waals surface area contributed by atoms with Crippen LogP contribution in [0.25, 0.3) is 11.0 Å². The van der Waals surface area contributed by atoms with Crippen LogP contribution >= 0.6 is 22.6 Å². The topological polar surface area (TPSA) is 141 Å². The predicted octanol–water partition coefficient (Wildman–Crippen LogP) is 4.01. The van der Waals surface area contributed by atoms with Gasteiger partial charge in [0.05, 0.1) is 18.2 Å². The van der Waals surface area contributed by atoms with Crippen LogP contribution in [-0.2, 0) is 14.2 Å². The molecule has 0 spiro atoms. The highest BCUT2D eigenvalue weighted by Gasteiger charge is 2.41. The van der Waals surface area contributed by atoms with Crippen molar-refractivity contribution >= 4 is 51.5 Å². The molecule has 202 valence electrons. The molecule has 1 fully saturated rings. The Hall–Kier alpha value is -3.78. The van der Waals surface area contributed by atoms with E-state index in [0.29, 0.717) is 25.9 Å². The number of nitrogens with two attached hydrogens (primary N) is 1. The van der Waals surface area contributed by atoms with E-state index in [1.807, 2.05) is 38.1 Å². The minimum absolute atomic E-state index is 0.0149. The molecule has 1 aliphatic rings. The minimum Gasteiger partial charge on any atom is -0.480 e. The van der Waals surface area contributed by atoms with E-state index in [2.05, 4.69) is 37.7 Å². The lowest BCUT2D eigenvalue weighted by atomic mass is 10.1. The molecular formula is C27H26IN5O6. The van der Waals surface area contributed by atoms with Gasteiger partial charge >= 0.3 is 11.9 Å². The third-order valence-corrected chi connectivity index (χ3v) is 7.26. The smallest absolute Gasteiger partial charge is 0.338 e. The molecule has 39 heavy (non-hydrogen) atoms. The van der Waals surface area contributed by atoms with E-state index in [0.717, 1.165) is 11.1 Å². The molecule has 5 rings (SSSR count). The molecule has 2 N–H and O–H groups in total. The van der Waals surface area contributed by atoms with Gasteiger partial charge in [-0.1, -0.05) is 36.4 Å². The van der Waals surface area contributed by atoms with Gasteiger partial charge in [-0.15, -0.1) is 0 Å². The lowest BCUT2D eigenvalue weighted by Crippen LogP contribution is -2.32. The first-order valence-electron chi connectivity index (χ1n) is 12.2. The molecule has 3 atom stereocenters. The number of ether oxygens (including phenoxy) is 4. The number of nitrogens with zero attached hydrogens (tertiary/aromatic N) is 4. The predicted molar refractivity (Wildman–Crippen MR) is 149 cm³/mol. The van der Waals surface area contributed by atoms with E-state index in [1.54, 1.807) is 28.9 Å². The highest BCUT2D eigenvalue weighted by atomic mass is 127. The highest BCUT2D eigenvalue weighted by molar-refractivity contribution is 14.1. The minimum atomic E-state index is -0.756. The lowest BCUT2D eigenvalue weighted by molar-refractivity contribution is -0.0591. The van der Waals surface area contributed by atoms with Crippen molar-refractivity contribution in [3.05, 3.63) is 74.5 Å². The number of methoxy groups -OCH3 is 1. The van der Waals surface area contributed by atoms with Crippen LogP contribution in [0, 0.1) is 17.5 Å². The van der Waals surface area contributed by atoms with Gasteiger partial charge in [0.1, 0.15) is 27.9 Å². The Balaban J connectivity index is 1.43. The van der Waals surface area contributed by atoms with E-state index < -0.39 is 30.4 Å². The van der Waals surface area contributed by atoms with E-state index in [-0.39, 0.29) is 24.9 Å². The van der Waals surface area contributed by atoms with Crippen molar-refractivity contribution in [1.82, 2.24) is 19.7 Å². The van der Waals surface area contributed by atoms with Crippen molar-refractivity contribution in [3.8, 4) is 5.88 Å². The van der Waals surface area contributed by atoms with Crippen molar-refractivity contribution in [2.24, 2.45) is 0 Å². The lowest BCUT2D eigenvalue weighted by Gasteiger charge is -2.19. The molecule has 0 amide bonds. The summed E-state index contributed by atoms with van der Waals surface area (Å²) in [4.78, 5) is 34.4. The molecule has 11 nitrogen and oxygen atoms in total. The largest absolute Gasteiger partial charge is 0.480 e. The molecule has 2 aromatic carbocycles. The summed E-state index contributed by atoms with van der Waals surface area (Å²) < 4.78 is 25.3. The number of halogens is 1. The van der Waals surface area contributed by atoms with Crippen LogP contribution in [-0.4, -0.2) is 57.6 Å². The van der Waals surface area contributed by atoms with Crippen molar-refractivity contribution in [2.75, 3.05) is 19.5 Å². The Morgan fingerprint density at radius 2 is 1.69 bits per heavy atom. The molecule has 1 saturated heterocycles. The van der Waals surface area contributed by atoms with E-state index in [9.17, 15) is 9.59 Å². The summed E-state index contributed by atoms with van der Waals surface area (Å²) in [6.45, 7) is 3.53. The number of aryl methyl sites for hydroxylation is 2. The van der Waals surface area contributed by atoms with Crippen molar-refractivity contribution in [3.63, 3.8) is 0 Å². The molecule has 0 aliphatic carbocycles. The molecule has 1 aliphatic heterocycles. The van der Waals surface area contributed by atoms with Gasteiger partial charge in [0.15, 0.2) is 11.9 Å². The highest BCUT2D eigenvalue weighted by Crippen LogP contribution is 2.36. The monoisotopic (exact) mass is 643 g/mol. The number of aromatic nitrogens is 4. The first-order chi connectivity index (χ1) is 18.8. The number of carbonyl (C=O) groups is 2. The second-order valence-corrected chi connectivity index (χ2v) is 10.1. The molecule has 2 aromatic heterocycles. The summed E-state index contributed by atoms with van der Waals surface area (Å²) in [6.07, 6.45) is -1.94. The second-order valence-electron chi connectivity index (χ2n) is 9.06. The van der Waals surface area contributed by atoms with Gasteiger partial charge in [-0.25, -0.2) is 14.3 Å². The molecule has 4 aromatic rings. The maximum absolute atomic E-state index is 13.1. The Labute approximate surface area is 237 Å². The van der Waals surface area contributed by atoms with Crippen LogP contribution in [0.5, 0.6) is 5.88 Å². The zero-order valence-electron chi connectivity index (χ0n) is 21.5. The average Bonchev–Trinajstić information content (AvgIpc) is 3.47. The van der Waals surface area contributed by atoms with E-state index in [4.69, 9.17) is 24.7 Å². The zero-order chi connectivity index (χ0) is 27.7. The van der Waals surface area contributed by atoms with Crippen LogP contribution in [0.1, 0.15) is 44.5 Å². The van der Waals surface area contributed by atoms with Crippen LogP contribution in [0.3, 0.4) is 0 Å². The Morgan fingerprint density at radius 3 is 2.33 bits per heavy atom. The normalized spacial score (nSPS) is 18.7. The summed E-state index contributed by atoms with van der Waals surface area (Å²) in [5.74, 6) is -0.683. The number of hydrogen-bond donors (Lipinski definition) is 1. The third-order valence-electron chi connectivity index (χ3n) is 6.51. The van der Waals surface area contributed by atoms with Crippen molar-refractivity contribution < 1.29 is 28.5 Å². The first kappa shape index (κ1) is 26.8. The van der Waals surface area contributed by atoms with Gasteiger partial charge in [0.25, 0.3) is 0 Å². The molecule has 0 bridgehead atoms. The number of carbonyl (C=O) groups excluding carboxylic acids is 2. The average molecular weight is 643 g/mol. The van der Waals surface area contributed by atoms with E-state index in [1.165, 1.54) is 7.11 Å². The quantitative estimate of drug-likeness (QED) is 0.232. The number of esters is 2. The SMILES string of the molecule is COc1nc(N)nc2c1c(I)nn2[C@H]1C[C@H](OC(=O)c2ccccc2C)[C@@H](COC(=O)c2ccccc2C)O1.